The minimum Gasteiger partial charge on any atom is -0.397 e. The zero-order chi connectivity index (χ0) is 104. The normalized spacial score (nSPS) is 16.6. The predicted octanol–water partition coefficient (Wildman–Crippen LogP) is 21.6. The Hall–Kier alpha value is -12.7. The number of nitrogen functional groups attached to an aromatic ring is 3. The average molecular weight is 2100 g/mol. The molecule has 6 atom stereocenters. The highest BCUT2D eigenvalue weighted by Gasteiger charge is 2.42. The number of hydrogen-bond donors (Lipinski definition) is 3. The third-order valence-electron chi connectivity index (χ3n) is 25.0. The van der Waals surface area contributed by atoms with Crippen molar-refractivity contribution in [1.82, 2.24) is 58.3 Å². The summed E-state index contributed by atoms with van der Waals surface area (Å²) in [5.41, 5.74) is 18.2. The Bertz CT molecular complexity index is 6860. The van der Waals surface area contributed by atoms with Crippen LogP contribution in [0.4, 0.5) is 60.5 Å². The van der Waals surface area contributed by atoms with Crippen molar-refractivity contribution in [2.75, 3.05) is 71.2 Å². The number of aromatic nitrogens is 9. The van der Waals surface area contributed by atoms with Crippen molar-refractivity contribution in [3.63, 3.8) is 0 Å². The molecule has 12 aromatic rings. The molecule has 0 bridgehead atoms. The standard InChI is InChI=1S/3C33H30Cl3F2N7O2/c1-7-21(46)44-16(5)12-43(13-17(44)6)31-18-10-20(34)29(22-23(35)25(37)26(38)24(36)27(22)40)42-32(18)45(33(47)19(31)11-39)30-15(4)8-9-41-28(30)14(2)3;2*1-7-21(46)44-16(5)12-43(13-17(44)6)31-18-10-20(34)29(22-23(35)24(36)25(37)26(38)27(22)40)42-32(18)45(33(47)19(31)11-39)30-15(4)8-9-41-28(30)14(2)3/h3*7-10,14,16-17H,1,12-13,40H2,2-6H3/t3*16-,17+. The number of halogens is 15. The van der Waals surface area contributed by atoms with E-state index in [9.17, 15) is 70.9 Å². The van der Waals surface area contributed by atoms with E-state index in [4.69, 9.17) is 137 Å². The second kappa shape index (κ2) is 41.5. The summed E-state index contributed by atoms with van der Waals surface area (Å²) in [6.07, 6.45) is 8.59. The maximum Gasteiger partial charge on any atom is 0.276 e. The van der Waals surface area contributed by atoms with Crippen molar-refractivity contribution >= 4 is 189 Å². The Labute approximate surface area is 850 Å². The van der Waals surface area contributed by atoms with Gasteiger partial charge in [-0.25, -0.2) is 41.3 Å². The molecule has 3 aliphatic heterocycles. The number of pyridine rings is 9. The molecule has 0 spiro atoms. The largest absolute Gasteiger partial charge is 0.397 e. The maximum absolute atomic E-state index is 14.9. The van der Waals surface area contributed by atoms with Gasteiger partial charge in [-0.2, -0.15) is 15.8 Å². The van der Waals surface area contributed by atoms with Gasteiger partial charge in [-0.3, -0.25) is 57.4 Å². The lowest BCUT2D eigenvalue weighted by Crippen LogP contribution is -2.58. The summed E-state index contributed by atoms with van der Waals surface area (Å²) in [5, 5.41) is 28.5. The monoisotopic (exact) mass is 2100 g/mol. The summed E-state index contributed by atoms with van der Waals surface area (Å²) in [5.74, 6) is -9.82. The molecular formula is C99H90Cl9F6N21O6. The molecule has 42 heteroatoms. The number of nitrogens with zero attached hydrogens (tertiary/aromatic N) is 18. The molecule has 3 saturated heterocycles. The van der Waals surface area contributed by atoms with Gasteiger partial charge in [0.05, 0.1) is 126 Å². The van der Waals surface area contributed by atoms with Crippen LogP contribution in [-0.4, -0.2) is 152 Å². The van der Waals surface area contributed by atoms with Crippen LogP contribution in [0.5, 0.6) is 0 Å². The van der Waals surface area contributed by atoms with Gasteiger partial charge in [-0.1, -0.05) is 166 Å². The summed E-state index contributed by atoms with van der Waals surface area (Å²) in [7, 11) is 0. The zero-order valence-electron chi connectivity index (χ0n) is 78.4. The lowest BCUT2D eigenvalue weighted by molar-refractivity contribution is -0.131. The van der Waals surface area contributed by atoms with Gasteiger partial charge >= 0.3 is 0 Å². The Balaban J connectivity index is 0.000000178. The molecule has 9 aromatic heterocycles. The number of piperazine rings is 3. The summed E-state index contributed by atoms with van der Waals surface area (Å²) in [6, 6.07) is 13.9. The van der Waals surface area contributed by atoms with Crippen molar-refractivity contribution < 1.29 is 40.7 Å². The van der Waals surface area contributed by atoms with Crippen molar-refractivity contribution in [2.24, 2.45) is 0 Å². The number of hydrogen-bond acceptors (Lipinski definition) is 21. The van der Waals surface area contributed by atoms with Gasteiger partial charge in [0.2, 0.25) is 17.7 Å². The Morgan fingerprint density at radius 1 is 0.383 bits per heavy atom. The fourth-order valence-corrected chi connectivity index (χ4v) is 21.0. The fraction of sp³-hybridized carbons (Fsp3) is 0.303. The molecule has 732 valence electrons. The van der Waals surface area contributed by atoms with Gasteiger partial charge in [0.15, 0.2) is 34.9 Å². The first-order valence-electron chi connectivity index (χ1n) is 43.9. The Kier molecular flexibility index (Phi) is 31.0. The summed E-state index contributed by atoms with van der Waals surface area (Å²) in [6.45, 7) is 40.3. The highest BCUT2D eigenvalue weighted by atomic mass is 35.5. The number of carbonyl (C=O) groups excluding carboxylic acids is 3. The topological polar surface area (TPSA) is 363 Å². The minimum absolute atomic E-state index is 0.0302. The SMILES string of the molecule is C=CC(=O)N1[C@H](C)CN(c2c(C#N)c(=O)n(-c3c(C)ccnc3C(C)C)c3nc(-c4c(N)c(Cl)c(F)c(F)c4Cl)c(Cl)cc23)C[C@@H]1C.C=CC(=O)N1[C@H](C)CN(c2c(C#N)c(=O)n(-c3c(C)ccnc3C(C)C)c3nc(-c4c(N)c(F)c(F)c(Cl)c4Cl)c(Cl)cc23)C[C@@H]1C.C=CC(=O)N1[C@H](C)CN(c2c(C#N)c(=O)n(-c3c(C)ccnc3C(C)C)c3nc(-c4c(N)c(F)c(F)c(Cl)c4Cl)c(Cl)cc23)C[C@@H]1C. The molecule has 0 saturated carbocycles. The summed E-state index contributed by atoms with van der Waals surface area (Å²) < 4.78 is 92.0. The van der Waals surface area contributed by atoms with Crippen LogP contribution in [0.1, 0.15) is 151 Å². The molecule has 0 aliphatic carbocycles. The van der Waals surface area contributed by atoms with Crippen molar-refractivity contribution in [3.05, 3.63) is 255 Å². The lowest BCUT2D eigenvalue weighted by Gasteiger charge is -2.45. The van der Waals surface area contributed by atoms with Gasteiger partial charge in [-0.15, -0.1) is 0 Å². The first-order valence-corrected chi connectivity index (χ1v) is 47.3. The number of nitrogens with two attached hydrogens (primary N) is 3. The van der Waals surface area contributed by atoms with Gasteiger partial charge in [0.25, 0.3) is 16.7 Å². The second-order valence-corrected chi connectivity index (χ2v) is 38.8. The maximum atomic E-state index is 14.9. The molecule has 3 aliphatic rings. The first-order chi connectivity index (χ1) is 66.5. The fourth-order valence-electron chi connectivity index (χ4n) is 18.9. The van der Waals surface area contributed by atoms with Crippen LogP contribution in [0.15, 0.2) is 107 Å². The molecule has 0 radical (unpaired) electrons. The van der Waals surface area contributed by atoms with E-state index in [2.05, 4.69) is 52.9 Å². The lowest BCUT2D eigenvalue weighted by atomic mass is 10.0. The quantitative estimate of drug-likeness (QED) is 0.0282. The van der Waals surface area contributed by atoms with Crippen LogP contribution in [0.3, 0.4) is 0 Å². The predicted molar refractivity (Wildman–Crippen MR) is 545 cm³/mol. The van der Waals surface area contributed by atoms with E-state index in [-0.39, 0.29) is 211 Å². The first kappa shape index (κ1) is 106. The van der Waals surface area contributed by atoms with E-state index in [1.54, 1.807) is 72.3 Å². The molecule has 12 heterocycles. The van der Waals surface area contributed by atoms with Crippen LogP contribution in [0.2, 0.25) is 45.2 Å². The number of aryl methyl sites for hydroxylation is 3. The van der Waals surface area contributed by atoms with Crippen LogP contribution in [0.25, 0.3) is 83.9 Å². The molecule has 27 nitrogen and oxygen atoms in total. The number of benzene rings is 3. The van der Waals surface area contributed by atoms with E-state index in [0.29, 0.717) is 67.0 Å². The molecule has 141 heavy (non-hydrogen) atoms. The van der Waals surface area contributed by atoms with Crippen LogP contribution in [-0.2, 0) is 14.4 Å². The number of nitriles is 3. The van der Waals surface area contributed by atoms with Crippen LogP contribution >= 0.6 is 104 Å². The summed E-state index contributed by atoms with van der Waals surface area (Å²) in [4.78, 5) is 120. The van der Waals surface area contributed by atoms with Gasteiger partial charge in [0.1, 0.15) is 56.9 Å². The van der Waals surface area contributed by atoms with Gasteiger partial charge in [-0.05, 0) is 151 Å². The third kappa shape index (κ3) is 18.4. The highest BCUT2D eigenvalue weighted by Crippen LogP contribution is 2.51. The van der Waals surface area contributed by atoms with E-state index in [1.807, 2.05) is 97.8 Å². The average Bonchev–Trinajstić information content (AvgIpc) is 0.725. The van der Waals surface area contributed by atoms with E-state index in [1.165, 1.54) is 50.1 Å². The van der Waals surface area contributed by atoms with Crippen LogP contribution < -0.4 is 48.6 Å². The molecule has 3 amide bonds. The second-order valence-electron chi connectivity index (χ2n) is 35.3. The van der Waals surface area contributed by atoms with Crippen molar-refractivity contribution in [3.8, 4) is 69.0 Å². The highest BCUT2D eigenvalue weighted by molar-refractivity contribution is 6.46. The Morgan fingerprint density at radius 2 is 0.617 bits per heavy atom. The van der Waals surface area contributed by atoms with Gasteiger partial charge in [0, 0.05) is 127 Å². The molecular weight excluding hydrogens is 2010 g/mol. The van der Waals surface area contributed by atoms with Crippen LogP contribution in [0, 0.1) is 89.7 Å². The number of fused-ring (bicyclic) bond motifs is 3. The number of rotatable bonds is 15. The molecule has 3 aromatic carbocycles. The van der Waals surface area contributed by atoms with Crippen molar-refractivity contribution in [1.29, 1.82) is 15.8 Å². The molecule has 6 N–H and O–H groups in total. The van der Waals surface area contributed by atoms with Gasteiger partial charge < -0.3 is 46.6 Å². The molecule has 3 fully saturated rings. The number of carbonyl (C=O) groups is 3. The molecule has 15 rings (SSSR count). The van der Waals surface area contributed by atoms with E-state index >= 15 is 0 Å². The van der Waals surface area contributed by atoms with Crippen molar-refractivity contribution in [2.45, 2.75) is 158 Å². The third-order valence-corrected chi connectivity index (χ3v) is 28.2. The summed E-state index contributed by atoms with van der Waals surface area (Å²) >= 11 is 57.7. The van der Waals surface area contributed by atoms with E-state index in [0.717, 1.165) is 0 Å². The molecule has 0 unspecified atom stereocenters. The number of anilines is 6. The number of amides is 3. The zero-order valence-corrected chi connectivity index (χ0v) is 85.2. The van der Waals surface area contributed by atoms with E-state index < -0.39 is 98.8 Å². The minimum atomic E-state index is -1.45. The Morgan fingerprint density at radius 3 is 0.851 bits per heavy atom. The smallest absolute Gasteiger partial charge is 0.276 e.